The van der Waals surface area contributed by atoms with Gasteiger partial charge in [0.1, 0.15) is 4.75 Å². The van der Waals surface area contributed by atoms with Crippen LogP contribution in [0.1, 0.15) is 34.2 Å². The molecule has 0 amide bonds. The maximum atomic E-state index is 13.1. The Morgan fingerprint density at radius 1 is 0.966 bits per heavy atom. The van der Waals surface area contributed by atoms with Crippen molar-refractivity contribution in [3.63, 3.8) is 0 Å². The van der Waals surface area contributed by atoms with Crippen molar-refractivity contribution in [1.82, 2.24) is 4.57 Å². The summed E-state index contributed by atoms with van der Waals surface area (Å²) in [6, 6.07) is 19.3. The molecule has 0 radical (unpaired) electrons. The van der Waals surface area contributed by atoms with Gasteiger partial charge in [-0.25, -0.2) is 13.6 Å². The Bertz CT molecular complexity index is 1130. The molecule has 6 nitrogen and oxygen atoms in total. The Morgan fingerprint density at radius 2 is 1.55 bits per heavy atom. The van der Waals surface area contributed by atoms with Gasteiger partial charge in [-0.1, -0.05) is 30.3 Å². The summed E-state index contributed by atoms with van der Waals surface area (Å²) >= 11 is 0. The maximum absolute atomic E-state index is 13.1. The van der Waals surface area contributed by atoms with E-state index in [4.69, 9.17) is 5.14 Å². The number of nitrogens with two attached hydrogens (primary N) is 1. The fourth-order valence-electron chi connectivity index (χ4n) is 3.49. The van der Waals surface area contributed by atoms with Crippen LogP contribution in [0.2, 0.25) is 0 Å². The van der Waals surface area contributed by atoms with E-state index in [9.17, 15) is 13.2 Å². The van der Waals surface area contributed by atoms with Crippen molar-refractivity contribution in [3.8, 4) is 0 Å². The van der Waals surface area contributed by atoms with Gasteiger partial charge in [-0.05, 0) is 48.9 Å². The molecule has 0 fully saturated rings. The van der Waals surface area contributed by atoms with E-state index >= 15 is 0 Å². The molecule has 0 saturated carbocycles. The lowest BCUT2D eigenvalue weighted by Gasteiger charge is -2.29. The Morgan fingerprint density at radius 3 is 2.07 bits per heavy atom. The number of anilines is 1. The van der Waals surface area contributed by atoms with E-state index in [1.54, 1.807) is 67.1 Å². The van der Waals surface area contributed by atoms with E-state index in [-0.39, 0.29) is 5.78 Å². The van der Waals surface area contributed by atoms with Crippen LogP contribution in [0, 0.1) is 0 Å². The number of hydrogen-bond donors (Lipinski definition) is 1. The molecule has 0 aliphatic carbocycles. The zero-order valence-corrected chi connectivity index (χ0v) is 17.8. The third-order valence-corrected chi connectivity index (χ3v) is 6.97. The molecule has 2 aromatic carbocycles. The molecule has 1 unspecified atom stereocenters. The van der Waals surface area contributed by atoms with Crippen molar-refractivity contribution in [3.05, 3.63) is 89.2 Å². The van der Waals surface area contributed by atoms with Crippen LogP contribution in [0.5, 0.6) is 0 Å². The lowest BCUT2D eigenvalue weighted by atomic mass is 9.96. The van der Waals surface area contributed by atoms with Crippen LogP contribution in [0.4, 0.5) is 5.69 Å². The summed E-state index contributed by atoms with van der Waals surface area (Å²) in [6.45, 7) is 1.56. The summed E-state index contributed by atoms with van der Waals surface area (Å²) in [7, 11) is 1.52. The van der Waals surface area contributed by atoms with Gasteiger partial charge in [0, 0.05) is 38.1 Å². The predicted octanol–water partition coefficient (Wildman–Crippen LogP) is 2.87. The molecule has 152 valence electrons. The van der Waals surface area contributed by atoms with E-state index in [2.05, 4.69) is 0 Å². The predicted molar refractivity (Wildman–Crippen MR) is 116 cm³/mol. The second-order valence-corrected chi connectivity index (χ2v) is 9.28. The maximum Gasteiger partial charge on any atom is 0.224 e. The lowest BCUT2D eigenvalue weighted by Crippen LogP contribution is -2.40. The van der Waals surface area contributed by atoms with Gasteiger partial charge in [-0.2, -0.15) is 0 Å². The monoisotopic (exact) mass is 411 g/mol. The fraction of sp³-hybridized carbons (Fsp3) is 0.227. The molecule has 29 heavy (non-hydrogen) atoms. The number of rotatable bonds is 6. The molecule has 0 aliphatic heterocycles. The van der Waals surface area contributed by atoms with Crippen LogP contribution in [0.15, 0.2) is 66.7 Å². The molecule has 0 aliphatic rings. The second-order valence-electron chi connectivity index (χ2n) is 7.38. The van der Waals surface area contributed by atoms with Crippen LogP contribution in [0.3, 0.4) is 0 Å². The minimum atomic E-state index is -4.02. The topological polar surface area (TPSA) is 85.4 Å². The van der Waals surface area contributed by atoms with Gasteiger partial charge in [-0.3, -0.25) is 4.79 Å². The number of ketones is 1. The largest absolute Gasteiger partial charge is 0.378 e. The molecule has 1 atom stereocenters. The summed E-state index contributed by atoms with van der Waals surface area (Å²) in [5.74, 6) is -0.186. The highest BCUT2D eigenvalue weighted by atomic mass is 32.2. The average molecular weight is 412 g/mol. The van der Waals surface area contributed by atoms with Gasteiger partial charge in [0.2, 0.25) is 15.8 Å². The molecule has 7 heteroatoms. The molecule has 3 rings (SSSR count). The van der Waals surface area contributed by atoms with E-state index in [0.717, 1.165) is 5.69 Å². The molecule has 3 aromatic rings. The van der Waals surface area contributed by atoms with Crippen molar-refractivity contribution in [2.75, 3.05) is 19.0 Å². The minimum absolute atomic E-state index is 0.186. The van der Waals surface area contributed by atoms with E-state index in [1.807, 2.05) is 37.2 Å². The van der Waals surface area contributed by atoms with Gasteiger partial charge in [0.25, 0.3) is 0 Å². The number of primary sulfonamides is 1. The zero-order chi connectivity index (χ0) is 21.4. The van der Waals surface area contributed by atoms with Crippen LogP contribution in [-0.4, -0.2) is 32.9 Å². The molecular weight excluding hydrogens is 386 g/mol. The lowest BCUT2D eigenvalue weighted by molar-refractivity contribution is 0.103. The molecule has 0 spiro atoms. The normalized spacial score (nSPS) is 13.7. The molecule has 0 saturated heterocycles. The Labute approximate surface area is 171 Å². The zero-order valence-electron chi connectivity index (χ0n) is 17.0. The number of carbonyl (C=O) groups is 1. The highest BCUT2D eigenvalue weighted by Crippen LogP contribution is 2.36. The summed E-state index contributed by atoms with van der Waals surface area (Å²) in [4.78, 5) is 15.0. The third kappa shape index (κ3) is 3.59. The molecule has 1 heterocycles. The van der Waals surface area contributed by atoms with Crippen molar-refractivity contribution in [1.29, 1.82) is 0 Å². The Balaban J connectivity index is 2.09. The van der Waals surface area contributed by atoms with E-state index in [1.165, 1.54) is 0 Å². The first kappa shape index (κ1) is 20.8. The number of sulfonamides is 1. The van der Waals surface area contributed by atoms with Gasteiger partial charge in [0.15, 0.2) is 0 Å². The van der Waals surface area contributed by atoms with Gasteiger partial charge in [-0.15, -0.1) is 0 Å². The van der Waals surface area contributed by atoms with Crippen molar-refractivity contribution in [2.45, 2.75) is 11.7 Å². The number of nitrogens with zero attached hydrogens (tertiary/aromatic N) is 2. The van der Waals surface area contributed by atoms with Gasteiger partial charge >= 0.3 is 0 Å². The number of carbonyl (C=O) groups excluding carboxylic acids is 1. The first-order valence-corrected chi connectivity index (χ1v) is 10.7. The SMILES string of the molecule is CN(C)c1ccc(C(=O)c2ccc(C(C)(c3ccccc3)S(N)(=O)=O)n2C)cc1. The standard InChI is InChI=1S/C22H25N3O3S/c1-22(29(23,27)28,17-8-6-5-7-9-17)20-15-14-19(25(20)4)21(26)16-10-12-18(13-11-16)24(2)3/h5-15H,1-4H3,(H2,23,27,28). The minimum Gasteiger partial charge on any atom is -0.378 e. The van der Waals surface area contributed by atoms with Gasteiger partial charge < -0.3 is 9.47 Å². The van der Waals surface area contributed by atoms with Crippen LogP contribution in [-0.2, 0) is 21.8 Å². The van der Waals surface area contributed by atoms with Crippen molar-refractivity contribution in [2.24, 2.45) is 12.2 Å². The second kappa shape index (κ2) is 7.50. The Hall–Kier alpha value is -2.90. The number of aromatic nitrogens is 1. The van der Waals surface area contributed by atoms with Crippen molar-refractivity contribution < 1.29 is 13.2 Å². The first-order valence-electron chi connectivity index (χ1n) is 9.13. The van der Waals surface area contributed by atoms with Crippen LogP contribution >= 0.6 is 0 Å². The molecule has 2 N–H and O–H groups in total. The highest BCUT2D eigenvalue weighted by molar-refractivity contribution is 7.90. The summed E-state index contributed by atoms with van der Waals surface area (Å²) in [5, 5.41) is 5.66. The van der Waals surface area contributed by atoms with Crippen LogP contribution < -0.4 is 10.0 Å². The summed E-state index contributed by atoms with van der Waals surface area (Å²) < 4.78 is 25.4. The summed E-state index contributed by atoms with van der Waals surface area (Å²) in [6.07, 6.45) is 0. The highest BCUT2D eigenvalue weighted by Gasteiger charge is 2.43. The molecule has 0 bridgehead atoms. The smallest absolute Gasteiger partial charge is 0.224 e. The third-order valence-electron chi connectivity index (χ3n) is 5.38. The molecular formula is C22H25N3O3S. The van der Waals surface area contributed by atoms with E-state index < -0.39 is 14.8 Å². The van der Waals surface area contributed by atoms with Crippen LogP contribution in [0.25, 0.3) is 0 Å². The number of benzene rings is 2. The van der Waals surface area contributed by atoms with E-state index in [0.29, 0.717) is 22.5 Å². The quantitative estimate of drug-likeness (QED) is 0.632. The Kier molecular flexibility index (Phi) is 5.38. The first-order chi connectivity index (χ1) is 13.6. The number of hydrogen-bond acceptors (Lipinski definition) is 4. The molecule has 1 aromatic heterocycles. The summed E-state index contributed by atoms with van der Waals surface area (Å²) in [5.41, 5.74) is 2.88. The average Bonchev–Trinajstić information content (AvgIpc) is 3.08. The fourth-order valence-corrected chi connectivity index (χ4v) is 4.45. The van der Waals surface area contributed by atoms with Gasteiger partial charge in [0.05, 0.1) is 5.69 Å². The van der Waals surface area contributed by atoms with Crippen molar-refractivity contribution >= 4 is 21.5 Å².